The lowest BCUT2D eigenvalue weighted by Gasteiger charge is -2.26. The van der Waals surface area contributed by atoms with Crippen LogP contribution in [0.4, 0.5) is 0 Å². The minimum absolute atomic E-state index is 0.0809. The number of carbonyl (C=O) groups excluding carboxylic acids is 1. The molecule has 1 saturated heterocycles. The molecule has 38 heavy (non-hydrogen) atoms. The van der Waals surface area contributed by atoms with Crippen molar-refractivity contribution in [3.63, 3.8) is 0 Å². The summed E-state index contributed by atoms with van der Waals surface area (Å²) in [7, 11) is 0. The van der Waals surface area contributed by atoms with Gasteiger partial charge in [0.15, 0.2) is 5.78 Å². The maximum atomic E-state index is 13.9. The predicted octanol–water partition coefficient (Wildman–Crippen LogP) is 6.27. The highest BCUT2D eigenvalue weighted by atomic mass is 16.5. The van der Waals surface area contributed by atoms with Crippen molar-refractivity contribution in [3.05, 3.63) is 83.4 Å². The van der Waals surface area contributed by atoms with Crippen molar-refractivity contribution >= 4 is 22.3 Å². The first kappa shape index (κ1) is 24.3. The van der Waals surface area contributed by atoms with E-state index in [9.17, 15) is 15.0 Å². The van der Waals surface area contributed by atoms with Crippen LogP contribution in [0.3, 0.4) is 0 Å². The van der Waals surface area contributed by atoms with E-state index in [4.69, 9.17) is 4.74 Å². The van der Waals surface area contributed by atoms with Crippen LogP contribution < -0.4 is 4.74 Å². The van der Waals surface area contributed by atoms with E-state index in [1.54, 1.807) is 24.3 Å². The summed E-state index contributed by atoms with van der Waals surface area (Å²) in [5, 5.41) is 20.3. The maximum Gasteiger partial charge on any atom is 0.195 e. The summed E-state index contributed by atoms with van der Waals surface area (Å²) in [5.74, 6) is 1.04. The Morgan fingerprint density at radius 2 is 1.63 bits per heavy atom. The first-order valence-corrected chi connectivity index (χ1v) is 13.4. The zero-order chi connectivity index (χ0) is 26.2. The number of ketones is 1. The molecule has 0 saturated carbocycles. The van der Waals surface area contributed by atoms with Crippen LogP contribution in [0.5, 0.6) is 17.2 Å². The molecule has 0 radical (unpaired) electrons. The zero-order valence-electron chi connectivity index (χ0n) is 21.6. The van der Waals surface area contributed by atoms with Crippen LogP contribution in [0, 0.1) is 0 Å². The van der Waals surface area contributed by atoms with Crippen LogP contribution in [0.15, 0.2) is 66.7 Å². The van der Waals surface area contributed by atoms with E-state index in [2.05, 4.69) is 16.2 Å². The summed E-state index contributed by atoms with van der Waals surface area (Å²) < 4.78 is 8.03. The number of aromatic hydroxyl groups is 2. The summed E-state index contributed by atoms with van der Waals surface area (Å²) in [6.07, 6.45) is 4.57. The molecule has 0 aliphatic carbocycles. The van der Waals surface area contributed by atoms with Gasteiger partial charge in [-0.3, -0.25) is 9.69 Å². The molecule has 0 atom stereocenters. The smallest absolute Gasteiger partial charge is 0.195 e. The van der Waals surface area contributed by atoms with Gasteiger partial charge in [-0.05, 0) is 85.9 Å². The SMILES string of the molecule is CCc1c(-c2ccc(O)cc2)c2c(C(=O)c3ccc(OCCN4CCCCC4)cc3)cc3cc(O)cc1n32. The van der Waals surface area contributed by atoms with Gasteiger partial charge in [-0.2, -0.15) is 0 Å². The Morgan fingerprint density at radius 3 is 2.34 bits per heavy atom. The molecule has 6 heteroatoms. The molecule has 1 aliphatic heterocycles. The largest absolute Gasteiger partial charge is 0.508 e. The molecule has 0 unspecified atom stereocenters. The van der Waals surface area contributed by atoms with Gasteiger partial charge in [0.1, 0.15) is 23.9 Å². The number of phenols is 1. The Kier molecular flexibility index (Phi) is 6.42. The van der Waals surface area contributed by atoms with Crippen LogP contribution >= 0.6 is 0 Å². The summed E-state index contributed by atoms with van der Waals surface area (Å²) in [4.78, 5) is 16.3. The Balaban J connectivity index is 1.34. The zero-order valence-corrected chi connectivity index (χ0v) is 21.6. The van der Waals surface area contributed by atoms with Crippen LogP contribution in [-0.2, 0) is 6.42 Å². The van der Waals surface area contributed by atoms with Crippen molar-refractivity contribution in [3.8, 4) is 28.4 Å². The number of pyridine rings is 1. The molecule has 0 bridgehead atoms. The molecule has 3 aromatic heterocycles. The topological polar surface area (TPSA) is 74.4 Å². The highest BCUT2D eigenvalue weighted by Gasteiger charge is 2.26. The molecule has 0 amide bonds. The maximum absolute atomic E-state index is 13.9. The van der Waals surface area contributed by atoms with Crippen molar-refractivity contribution < 1.29 is 19.7 Å². The van der Waals surface area contributed by atoms with Gasteiger partial charge in [-0.15, -0.1) is 0 Å². The van der Waals surface area contributed by atoms with Crippen molar-refractivity contribution in [2.24, 2.45) is 0 Å². The Labute approximate surface area is 222 Å². The number of rotatable bonds is 8. The number of nitrogens with zero attached hydrogens (tertiary/aromatic N) is 2. The fourth-order valence-corrected chi connectivity index (χ4v) is 5.84. The summed E-state index contributed by atoms with van der Waals surface area (Å²) in [6.45, 7) is 5.91. The summed E-state index contributed by atoms with van der Waals surface area (Å²) >= 11 is 0. The fourth-order valence-electron chi connectivity index (χ4n) is 5.84. The van der Waals surface area contributed by atoms with Crippen molar-refractivity contribution in [2.45, 2.75) is 32.6 Å². The van der Waals surface area contributed by atoms with E-state index in [-0.39, 0.29) is 17.3 Å². The van der Waals surface area contributed by atoms with Gasteiger partial charge < -0.3 is 19.4 Å². The second kappa shape index (κ2) is 10.0. The van der Waals surface area contributed by atoms with Gasteiger partial charge >= 0.3 is 0 Å². The third kappa shape index (κ3) is 4.35. The number of aryl methyl sites for hydroxylation is 1. The normalized spacial score (nSPS) is 14.4. The van der Waals surface area contributed by atoms with E-state index in [0.29, 0.717) is 17.7 Å². The molecule has 5 aromatic rings. The number of ether oxygens (including phenoxy) is 1. The van der Waals surface area contributed by atoms with Crippen molar-refractivity contribution in [2.75, 3.05) is 26.2 Å². The first-order valence-electron chi connectivity index (χ1n) is 13.4. The van der Waals surface area contributed by atoms with Gasteiger partial charge in [-0.25, -0.2) is 0 Å². The van der Waals surface area contributed by atoms with Crippen molar-refractivity contribution in [1.82, 2.24) is 9.30 Å². The molecule has 4 heterocycles. The van der Waals surface area contributed by atoms with E-state index >= 15 is 0 Å². The third-order valence-corrected chi connectivity index (χ3v) is 7.69. The molecule has 2 N–H and O–H groups in total. The predicted molar refractivity (Wildman–Crippen MR) is 150 cm³/mol. The minimum atomic E-state index is -0.0809. The lowest BCUT2D eigenvalue weighted by molar-refractivity contribution is 0.104. The van der Waals surface area contributed by atoms with E-state index in [1.807, 2.05) is 42.5 Å². The molecule has 1 aliphatic rings. The number of hydrogen-bond acceptors (Lipinski definition) is 5. The quantitative estimate of drug-likeness (QED) is 0.242. The van der Waals surface area contributed by atoms with Crippen LogP contribution in [0.2, 0.25) is 0 Å². The Bertz CT molecular complexity index is 1580. The van der Waals surface area contributed by atoms with Gasteiger partial charge in [0.05, 0.1) is 16.6 Å². The van der Waals surface area contributed by atoms with Gasteiger partial charge in [-0.1, -0.05) is 25.5 Å². The number of hydrogen-bond donors (Lipinski definition) is 2. The van der Waals surface area contributed by atoms with Crippen molar-refractivity contribution in [1.29, 1.82) is 0 Å². The number of benzene rings is 2. The first-order chi connectivity index (χ1) is 18.5. The highest BCUT2D eigenvalue weighted by molar-refractivity contribution is 6.18. The second-order valence-electron chi connectivity index (χ2n) is 10.1. The molecule has 6 nitrogen and oxygen atoms in total. The van der Waals surface area contributed by atoms with Crippen LogP contribution in [0.1, 0.15) is 47.7 Å². The molecule has 0 spiro atoms. The minimum Gasteiger partial charge on any atom is -0.508 e. The van der Waals surface area contributed by atoms with E-state index < -0.39 is 0 Å². The number of piperidine rings is 1. The van der Waals surface area contributed by atoms with Gasteiger partial charge in [0.2, 0.25) is 0 Å². The molecule has 1 fully saturated rings. The molecule has 6 rings (SSSR count). The number of likely N-dealkylation sites (tertiary alicyclic amines) is 1. The monoisotopic (exact) mass is 508 g/mol. The lowest BCUT2D eigenvalue weighted by Crippen LogP contribution is -2.33. The van der Waals surface area contributed by atoms with Gasteiger partial charge in [0, 0.05) is 35.4 Å². The third-order valence-electron chi connectivity index (χ3n) is 7.69. The number of aromatic nitrogens is 1. The molecule has 194 valence electrons. The lowest BCUT2D eigenvalue weighted by atomic mass is 9.96. The summed E-state index contributed by atoms with van der Waals surface area (Å²) in [5.41, 5.74) is 6.58. The average Bonchev–Trinajstić information content (AvgIpc) is 3.47. The average molecular weight is 509 g/mol. The Morgan fingerprint density at radius 1 is 0.895 bits per heavy atom. The molecular formula is C32H32N2O4. The fraction of sp³-hybridized carbons (Fsp3) is 0.281. The van der Waals surface area contributed by atoms with Gasteiger partial charge in [0.25, 0.3) is 0 Å². The van der Waals surface area contributed by atoms with E-state index in [0.717, 1.165) is 65.0 Å². The standard InChI is InChI=1S/C32H32N2O4/c1-2-27-29-20-25(36)18-23-19-28(31(34(23)29)30(27)21-6-10-24(35)11-7-21)32(37)22-8-12-26(13-9-22)38-17-16-33-14-4-3-5-15-33/h6-13,18-20,35-36H,2-5,14-17H2,1H3. The van der Waals surface area contributed by atoms with E-state index in [1.165, 1.54) is 19.3 Å². The highest BCUT2D eigenvalue weighted by Crippen LogP contribution is 2.41. The second-order valence-corrected chi connectivity index (χ2v) is 10.1. The molecule has 2 aromatic carbocycles. The number of phenolic OH excluding ortho intramolecular Hbond substituents is 1. The molecular weight excluding hydrogens is 476 g/mol. The Hall–Kier alpha value is -4.03. The summed E-state index contributed by atoms with van der Waals surface area (Å²) in [6, 6.07) is 19.7. The van der Waals surface area contributed by atoms with Crippen LogP contribution in [-0.4, -0.2) is 51.5 Å². The van der Waals surface area contributed by atoms with Crippen LogP contribution in [0.25, 0.3) is 27.7 Å². The number of carbonyl (C=O) groups is 1.